The van der Waals surface area contributed by atoms with Crippen LogP contribution in [-0.4, -0.2) is 55.9 Å². The van der Waals surface area contributed by atoms with Gasteiger partial charge in [-0.25, -0.2) is 0 Å². The Morgan fingerprint density at radius 3 is 2.38 bits per heavy atom. The molecular weight excluding hydrogens is 336 g/mol. The summed E-state index contributed by atoms with van der Waals surface area (Å²) in [6.45, 7) is 7.66. The SMILES string of the molecule is C=C1C(=O)[C@]23[C@H](O)[C@H]1CC[C@H]2[C@@]12C(O)[C@@]3(O)C(=O)[C@@H]1C(C)(C)CC[C@H]2O. The summed E-state index contributed by atoms with van der Waals surface area (Å²) in [5, 5.41) is 45.0. The number of fused-ring (bicyclic) bond motifs is 2. The van der Waals surface area contributed by atoms with Gasteiger partial charge in [-0.15, -0.1) is 0 Å². The van der Waals surface area contributed by atoms with E-state index in [4.69, 9.17) is 0 Å². The molecule has 4 bridgehead atoms. The van der Waals surface area contributed by atoms with Gasteiger partial charge in [-0.05, 0) is 42.6 Å². The summed E-state index contributed by atoms with van der Waals surface area (Å²) in [7, 11) is 0. The van der Waals surface area contributed by atoms with Crippen LogP contribution in [0.25, 0.3) is 0 Å². The smallest absolute Gasteiger partial charge is 0.172 e. The lowest BCUT2D eigenvalue weighted by molar-refractivity contribution is -0.210. The van der Waals surface area contributed by atoms with Crippen molar-refractivity contribution in [2.45, 2.75) is 63.4 Å². The lowest BCUT2D eigenvalue weighted by atomic mass is 9.43. The molecule has 5 rings (SSSR count). The van der Waals surface area contributed by atoms with Crippen LogP contribution in [0, 0.1) is 34.0 Å². The molecule has 5 saturated carbocycles. The largest absolute Gasteiger partial charge is 0.392 e. The first-order chi connectivity index (χ1) is 12.0. The minimum Gasteiger partial charge on any atom is -0.392 e. The molecule has 0 aliphatic heterocycles. The Morgan fingerprint density at radius 2 is 1.73 bits per heavy atom. The standard InChI is InChI=1S/C20H26O6/c1-8-9-4-5-10-18-11(21)6-7-17(2,3)12(18)15(24)20(26,16(18)25)19(10,13(8)22)14(9)23/h9-12,14,16,21,23,25-26H,1,4-7H2,2-3H3/t9-,10-,11+,12+,14+,16?,18-,19-,20-/m0/s1. The second kappa shape index (κ2) is 4.32. The quantitative estimate of drug-likeness (QED) is 0.450. The Bertz CT molecular complexity index is 772. The fourth-order valence-corrected chi connectivity index (χ4v) is 8.12. The normalized spacial score (nSPS) is 59.5. The average Bonchev–Trinajstić information content (AvgIpc) is 2.91. The Morgan fingerprint density at radius 1 is 1.08 bits per heavy atom. The molecule has 26 heavy (non-hydrogen) atoms. The molecule has 9 atom stereocenters. The molecule has 0 aromatic rings. The van der Waals surface area contributed by atoms with Gasteiger partial charge in [0.2, 0.25) is 0 Å². The maximum absolute atomic E-state index is 13.5. The number of aliphatic hydroxyl groups excluding tert-OH is 3. The van der Waals surface area contributed by atoms with E-state index in [9.17, 15) is 30.0 Å². The summed E-state index contributed by atoms with van der Waals surface area (Å²) in [6.07, 6.45) is -1.83. The highest BCUT2D eigenvalue weighted by molar-refractivity contribution is 6.12. The number of aliphatic hydroxyl groups is 4. The van der Waals surface area contributed by atoms with E-state index < -0.39 is 69.5 Å². The second-order valence-electron chi connectivity index (χ2n) is 9.91. The van der Waals surface area contributed by atoms with E-state index in [-0.39, 0.29) is 5.57 Å². The second-order valence-corrected chi connectivity index (χ2v) is 9.91. The monoisotopic (exact) mass is 362 g/mol. The molecule has 6 nitrogen and oxygen atoms in total. The minimum atomic E-state index is -2.36. The van der Waals surface area contributed by atoms with Gasteiger partial charge < -0.3 is 20.4 Å². The molecule has 0 radical (unpaired) electrons. The first kappa shape index (κ1) is 17.0. The highest BCUT2D eigenvalue weighted by atomic mass is 16.4. The van der Waals surface area contributed by atoms with E-state index in [0.29, 0.717) is 25.7 Å². The topological polar surface area (TPSA) is 115 Å². The zero-order chi connectivity index (χ0) is 19.0. The number of rotatable bonds is 0. The van der Waals surface area contributed by atoms with Gasteiger partial charge >= 0.3 is 0 Å². The van der Waals surface area contributed by atoms with Crippen molar-refractivity contribution in [2.75, 3.05) is 0 Å². The summed E-state index contributed by atoms with van der Waals surface area (Å²) in [6, 6.07) is 0. The molecule has 0 heterocycles. The van der Waals surface area contributed by atoms with Gasteiger partial charge in [0, 0.05) is 17.3 Å². The number of carbonyl (C=O) groups excluding carboxylic acids is 2. The highest BCUT2D eigenvalue weighted by Crippen LogP contribution is 2.80. The molecule has 2 spiro atoms. The van der Waals surface area contributed by atoms with Crippen LogP contribution in [-0.2, 0) is 9.59 Å². The lowest BCUT2D eigenvalue weighted by Crippen LogP contribution is -2.69. The molecule has 0 aromatic heterocycles. The fourth-order valence-electron chi connectivity index (χ4n) is 8.12. The summed E-state index contributed by atoms with van der Waals surface area (Å²) < 4.78 is 0. The van der Waals surface area contributed by atoms with Crippen molar-refractivity contribution < 1.29 is 30.0 Å². The summed E-state index contributed by atoms with van der Waals surface area (Å²) in [5.74, 6) is -2.96. The fraction of sp³-hybridized carbons (Fsp3) is 0.800. The van der Waals surface area contributed by atoms with E-state index in [1.807, 2.05) is 13.8 Å². The molecule has 0 amide bonds. The van der Waals surface area contributed by atoms with Crippen LogP contribution in [0.2, 0.25) is 0 Å². The third-order valence-electron chi connectivity index (χ3n) is 8.94. The predicted octanol–water partition coefficient (Wildman–Crippen LogP) is -0.0294. The van der Waals surface area contributed by atoms with Crippen molar-refractivity contribution in [2.24, 2.45) is 34.0 Å². The van der Waals surface area contributed by atoms with Crippen molar-refractivity contribution in [1.29, 1.82) is 0 Å². The molecule has 4 N–H and O–H groups in total. The van der Waals surface area contributed by atoms with Crippen molar-refractivity contribution in [3.63, 3.8) is 0 Å². The number of ketones is 2. The van der Waals surface area contributed by atoms with Crippen LogP contribution in [0.1, 0.15) is 39.5 Å². The first-order valence-electron chi connectivity index (χ1n) is 9.56. The molecule has 1 unspecified atom stereocenters. The molecule has 6 heteroatoms. The van der Waals surface area contributed by atoms with E-state index in [1.54, 1.807) is 0 Å². The van der Waals surface area contributed by atoms with Crippen LogP contribution in [0.4, 0.5) is 0 Å². The van der Waals surface area contributed by atoms with Crippen LogP contribution < -0.4 is 0 Å². The van der Waals surface area contributed by atoms with Crippen molar-refractivity contribution in [3.8, 4) is 0 Å². The summed E-state index contributed by atoms with van der Waals surface area (Å²) in [4.78, 5) is 26.8. The van der Waals surface area contributed by atoms with Crippen LogP contribution in [0.5, 0.6) is 0 Å². The Hall–Kier alpha value is -1.08. The van der Waals surface area contributed by atoms with E-state index in [1.165, 1.54) is 0 Å². The third-order valence-corrected chi connectivity index (χ3v) is 8.94. The number of hydrogen-bond donors (Lipinski definition) is 4. The maximum Gasteiger partial charge on any atom is 0.172 e. The van der Waals surface area contributed by atoms with Crippen LogP contribution >= 0.6 is 0 Å². The molecule has 0 saturated heterocycles. The van der Waals surface area contributed by atoms with Gasteiger partial charge in [0.1, 0.15) is 11.5 Å². The van der Waals surface area contributed by atoms with Crippen molar-refractivity contribution in [3.05, 3.63) is 12.2 Å². The lowest BCUT2D eigenvalue weighted by Gasteiger charge is -2.59. The van der Waals surface area contributed by atoms with Crippen molar-refractivity contribution >= 4 is 11.6 Å². The average molecular weight is 362 g/mol. The minimum absolute atomic E-state index is 0.235. The molecule has 5 aliphatic rings. The number of carbonyl (C=O) groups is 2. The third kappa shape index (κ3) is 1.22. The maximum atomic E-state index is 13.5. The van der Waals surface area contributed by atoms with Gasteiger partial charge in [-0.2, -0.15) is 0 Å². The molecule has 5 fully saturated rings. The molecular formula is C20H26O6. The molecule has 5 aliphatic carbocycles. The first-order valence-corrected chi connectivity index (χ1v) is 9.56. The predicted molar refractivity (Wildman–Crippen MR) is 89.7 cm³/mol. The molecule has 142 valence electrons. The number of Topliss-reactive ketones (excluding diaryl/α,β-unsaturated/α-hetero) is 2. The Balaban J connectivity index is 1.86. The Labute approximate surface area is 151 Å². The summed E-state index contributed by atoms with van der Waals surface area (Å²) >= 11 is 0. The van der Waals surface area contributed by atoms with Gasteiger partial charge in [0.05, 0.1) is 12.2 Å². The molecule has 0 aromatic carbocycles. The zero-order valence-electron chi connectivity index (χ0n) is 15.1. The van der Waals surface area contributed by atoms with Crippen LogP contribution in [0.3, 0.4) is 0 Å². The zero-order valence-corrected chi connectivity index (χ0v) is 15.1. The van der Waals surface area contributed by atoms with Crippen LogP contribution in [0.15, 0.2) is 12.2 Å². The van der Waals surface area contributed by atoms with Gasteiger partial charge in [0.25, 0.3) is 0 Å². The summed E-state index contributed by atoms with van der Waals surface area (Å²) in [5.41, 5.74) is -5.70. The van der Waals surface area contributed by atoms with Gasteiger partial charge in [0.15, 0.2) is 17.2 Å². The van der Waals surface area contributed by atoms with Gasteiger partial charge in [-0.3, -0.25) is 9.59 Å². The van der Waals surface area contributed by atoms with E-state index in [2.05, 4.69) is 6.58 Å². The van der Waals surface area contributed by atoms with Gasteiger partial charge in [-0.1, -0.05) is 20.4 Å². The van der Waals surface area contributed by atoms with Crippen molar-refractivity contribution in [1.82, 2.24) is 0 Å². The Kier molecular flexibility index (Phi) is 2.83. The highest BCUT2D eigenvalue weighted by Gasteiger charge is 2.93. The number of hydrogen-bond acceptors (Lipinski definition) is 6. The van der Waals surface area contributed by atoms with E-state index >= 15 is 0 Å². The van der Waals surface area contributed by atoms with E-state index in [0.717, 1.165) is 0 Å².